The number of methoxy groups -OCH3 is 2. The Balaban J connectivity index is 1.76. The highest BCUT2D eigenvalue weighted by Gasteiger charge is 2.21. The lowest BCUT2D eigenvalue weighted by molar-refractivity contribution is 0.0675. The normalized spacial score (nSPS) is 16.4. The lowest BCUT2D eigenvalue weighted by Gasteiger charge is -2.26. The quantitative estimate of drug-likeness (QED) is 0.657. The number of nitrogens with zero attached hydrogens (tertiary/aromatic N) is 4. The van der Waals surface area contributed by atoms with E-state index < -0.39 is 0 Å². The summed E-state index contributed by atoms with van der Waals surface area (Å²) in [5.41, 5.74) is 2.20. The predicted molar refractivity (Wildman–Crippen MR) is 109 cm³/mol. The van der Waals surface area contributed by atoms with Gasteiger partial charge in [-0.25, -0.2) is 9.97 Å². The molecule has 3 rings (SSSR count). The van der Waals surface area contributed by atoms with Crippen molar-refractivity contribution in [3.63, 3.8) is 0 Å². The molecule has 2 aromatic rings. The molecule has 1 saturated heterocycles. The summed E-state index contributed by atoms with van der Waals surface area (Å²) in [6.45, 7) is 3.22. The van der Waals surface area contributed by atoms with Crippen LogP contribution >= 0.6 is 0 Å². The van der Waals surface area contributed by atoms with Crippen LogP contribution in [0.3, 0.4) is 0 Å². The fraction of sp³-hybridized carbons (Fsp3) is 0.524. The van der Waals surface area contributed by atoms with Crippen molar-refractivity contribution in [2.24, 2.45) is 0 Å². The van der Waals surface area contributed by atoms with Crippen LogP contribution in [0.4, 0.5) is 5.95 Å². The highest BCUT2D eigenvalue weighted by Crippen LogP contribution is 2.27. The molecule has 0 amide bonds. The van der Waals surface area contributed by atoms with Gasteiger partial charge in [0.1, 0.15) is 11.5 Å². The van der Waals surface area contributed by atoms with Gasteiger partial charge in [0.05, 0.1) is 20.3 Å². The molecule has 0 bridgehead atoms. The molecular formula is C21H30N4O3. The second-order valence-electron chi connectivity index (χ2n) is 7.27. The van der Waals surface area contributed by atoms with E-state index in [0.29, 0.717) is 5.95 Å². The Hall–Kier alpha value is -2.38. The van der Waals surface area contributed by atoms with E-state index in [2.05, 4.69) is 20.9 Å². The van der Waals surface area contributed by atoms with Crippen LogP contribution in [0, 0.1) is 0 Å². The first-order valence-corrected chi connectivity index (χ1v) is 9.62. The van der Waals surface area contributed by atoms with Gasteiger partial charge >= 0.3 is 0 Å². The largest absolute Gasteiger partial charge is 0.497 e. The van der Waals surface area contributed by atoms with E-state index in [1.165, 1.54) is 0 Å². The zero-order chi connectivity index (χ0) is 19.9. The maximum atomic E-state index is 5.87. The van der Waals surface area contributed by atoms with Crippen LogP contribution in [0.5, 0.6) is 11.5 Å². The zero-order valence-electron chi connectivity index (χ0n) is 17.2. The molecule has 7 nitrogen and oxygen atoms in total. The number of ether oxygens (including phenoxy) is 3. The molecule has 0 spiro atoms. The van der Waals surface area contributed by atoms with Crippen molar-refractivity contribution in [3.05, 3.63) is 41.7 Å². The van der Waals surface area contributed by atoms with Gasteiger partial charge in [0, 0.05) is 69.9 Å². The molecular weight excluding hydrogens is 356 g/mol. The molecule has 7 heteroatoms. The summed E-state index contributed by atoms with van der Waals surface area (Å²) >= 11 is 0. The van der Waals surface area contributed by atoms with Gasteiger partial charge in [0.25, 0.3) is 0 Å². The third kappa shape index (κ3) is 5.33. The molecule has 0 radical (unpaired) electrons. The smallest absolute Gasteiger partial charge is 0.224 e. The van der Waals surface area contributed by atoms with Gasteiger partial charge in [-0.3, -0.25) is 4.90 Å². The summed E-state index contributed by atoms with van der Waals surface area (Å²) in [6.07, 6.45) is 6.30. The van der Waals surface area contributed by atoms with E-state index in [1.807, 2.05) is 43.5 Å². The molecule has 0 saturated carbocycles. The monoisotopic (exact) mass is 386 g/mol. The van der Waals surface area contributed by atoms with Gasteiger partial charge in [-0.05, 0) is 18.9 Å². The van der Waals surface area contributed by atoms with E-state index >= 15 is 0 Å². The summed E-state index contributed by atoms with van der Waals surface area (Å²) in [7, 11) is 7.23. The van der Waals surface area contributed by atoms with E-state index in [0.717, 1.165) is 61.7 Å². The van der Waals surface area contributed by atoms with Crippen LogP contribution in [0.2, 0.25) is 0 Å². The maximum absolute atomic E-state index is 5.87. The first-order chi connectivity index (χ1) is 13.6. The Kier molecular flexibility index (Phi) is 7.06. The Labute approximate surface area is 167 Å². The summed E-state index contributed by atoms with van der Waals surface area (Å²) in [4.78, 5) is 13.2. The van der Waals surface area contributed by atoms with Gasteiger partial charge < -0.3 is 19.1 Å². The maximum Gasteiger partial charge on any atom is 0.224 e. The van der Waals surface area contributed by atoms with Gasteiger partial charge in [-0.2, -0.15) is 0 Å². The van der Waals surface area contributed by atoms with E-state index in [-0.39, 0.29) is 6.10 Å². The van der Waals surface area contributed by atoms with Crippen molar-refractivity contribution < 1.29 is 14.2 Å². The Morgan fingerprint density at radius 3 is 2.50 bits per heavy atom. The van der Waals surface area contributed by atoms with Crippen molar-refractivity contribution in [1.82, 2.24) is 14.9 Å². The molecule has 1 aromatic carbocycles. The number of hydrogen-bond acceptors (Lipinski definition) is 7. The molecule has 1 aliphatic rings. The summed E-state index contributed by atoms with van der Waals surface area (Å²) in [5, 5.41) is 0. The highest BCUT2D eigenvalue weighted by atomic mass is 16.5. The molecule has 28 heavy (non-hydrogen) atoms. The summed E-state index contributed by atoms with van der Waals surface area (Å²) < 4.78 is 16.8. The van der Waals surface area contributed by atoms with Crippen molar-refractivity contribution in [2.75, 3.05) is 46.4 Å². The van der Waals surface area contributed by atoms with Gasteiger partial charge in [0.2, 0.25) is 5.95 Å². The first kappa shape index (κ1) is 20.4. The number of anilines is 1. The van der Waals surface area contributed by atoms with Crippen LogP contribution in [-0.2, 0) is 17.8 Å². The lowest BCUT2D eigenvalue weighted by Crippen LogP contribution is -2.31. The Morgan fingerprint density at radius 2 is 1.89 bits per heavy atom. The second kappa shape index (κ2) is 9.71. The topological polar surface area (TPSA) is 60.0 Å². The minimum atomic E-state index is 0.270. The van der Waals surface area contributed by atoms with Gasteiger partial charge in [0.15, 0.2) is 0 Å². The van der Waals surface area contributed by atoms with Crippen LogP contribution in [0.25, 0.3) is 0 Å². The van der Waals surface area contributed by atoms with Crippen molar-refractivity contribution in [3.8, 4) is 11.5 Å². The molecule has 1 atom stereocenters. The molecule has 0 unspecified atom stereocenters. The Morgan fingerprint density at radius 1 is 1.11 bits per heavy atom. The molecule has 1 aromatic heterocycles. The predicted octanol–water partition coefficient (Wildman–Crippen LogP) is 2.74. The number of benzene rings is 1. The minimum Gasteiger partial charge on any atom is -0.497 e. The molecule has 0 N–H and O–H groups in total. The fourth-order valence-corrected chi connectivity index (χ4v) is 3.40. The van der Waals surface area contributed by atoms with E-state index in [1.54, 1.807) is 14.2 Å². The van der Waals surface area contributed by atoms with E-state index in [4.69, 9.17) is 14.2 Å². The molecule has 152 valence electrons. The number of aromatic nitrogens is 2. The van der Waals surface area contributed by atoms with Crippen molar-refractivity contribution in [2.45, 2.75) is 32.0 Å². The van der Waals surface area contributed by atoms with Crippen LogP contribution in [-0.4, -0.2) is 62.4 Å². The second-order valence-corrected chi connectivity index (χ2v) is 7.27. The van der Waals surface area contributed by atoms with Crippen LogP contribution in [0.1, 0.15) is 24.0 Å². The molecule has 1 fully saturated rings. The van der Waals surface area contributed by atoms with Crippen LogP contribution < -0.4 is 14.4 Å². The third-order valence-corrected chi connectivity index (χ3v) is 4.87. The molecule has 1 aliphatic heterocycles. The third-order valence-electron chi connectivity index (χ3n) is 4.87. The number of hydrogen-bond donors (Lipinski definition) is 0. The van der Waals surface area contributed by atoms with Crippen LogP contribution in [0.15, 0.2) is 30.6 Å². The summed E-state index contributed by atoms with van der Waals surface area (Å²) in [6, 6.07) is 5.96. The van der Waals surface area contributed by atoms with Gasteiger partial charge in [-0.15, -0.1) is 0 Å². The fourth-order valence-electron chi connectivity index (χ4n) is 3.40. The first-order valence-electron chi connectivity index (χ1n) is 9.62. The summed E-state index contributed by atoms with van der Waals surface area (Å²) in [5.74, 6) is 2.33. The van der Waals surface area contributed by atoms with Crippen molar-refractivity contribution >= 4 is 5.95 Å². The number of rotatable bonds is 9. The van der Waals surface area contributed by atoms with E-state index in [9.17, 15) is 0 Å². The molecule has 0 aliphatic carbocycles. The Bertz CT molecular complexity index is 746. The SMILES string of the molecule is COc1ccc(CN(Cc2cnc(N(C)C)nc2)C[C@H]2CCCO2)c(OC)c1. The van der Waals surface area contributed by atoms with Gasteiger partial charge in [-0.1, -0.05) is 6.07 Å². The average Bonchev–Trinajstić information content (AvgIpc) is 3.21. The zero-order valence-corrected chi connectivity index (χ0v) is 17.2. The minimum absolute atomic E-state index is 0.270. The molecule has 2 heterocycles. The lowest BCUT2D eigenvalue weighted by atomic mass is 10.1. The highest BCUT2D eigenvalue weighted by molar-refractivity contribution is 5.40. The average molecular weight is 386 g/mol. The van der Waals surface area contributed by atoms with Crippen molar-refractivity contribution in [1.29, 1.82) is 0 Å². The standard InChI is InChI=1S/C21H30N4O3/c1-24(2)21-22-11-16(12-23-21)13-25(15-19-6-5-9-28-19)14-17-7-8-18(26-3)10-20(17)27-4/h7-8,10-12,19H,5-6,9,13-15H2,1-4H3/t19-/m1/s1.